The molecule has 2 rings (SSSR count). The van der Waals surface area contributed by atoms with Crippen molar-refractivity contribution < 1.29 is 0 Å². The van der Waals surface area contributed by atoms with E-state index in [-0.39, 0.29) is 0 Å². The zero-order valence-corrected chi connectivity index (χ0v) is 13.5. The van der Waals surface area contributed by atoms with Gasteiger partial charge in [-0.25, -0.2) is 0 Å². The molecule has 1 aromatic heterocycles. The summed E-state index contributed by atoms with van der Waals surface area (Å²) in [6.45, 7) is 6.45. The summed E-state index contributed by atoms with van der Waals surface area (Å²) >= 11 is 7.70. The van der Waals surface area contributed by atoms with Crippen molar-refractivity contribution in [3.05, 3.63) is 21.3 Å². The van der Waals surface area contributed by atoms with Gasteiger partial charge in [-0.15, -0.1) is 11.3 Å². The summed E-state index contributed by atoms with van der Waals surface area (Å²) in [4.78, 5) is 2.62. The van der Waals surface area contributed by atoms with Crippen LogP contribution in [-0.2, 0) is 0 Å². The highest BCUT2D eigenvalue weighted by atomic mass is 35.5. The lowest BCUT2D eigenvalue weighted by Crippen LogP contribution is -2.46. The Morgan fingerprint density at radius 3 is 2.79 bits per heavy atom. The molecule has 1 aliphatic rings. The zero-order valence-electron chi connectivity index (χ0n) is 11.9. The van der Waals surface area contributed by atoms with E-state index in [1.54, 1.807) is 11.3 Å². The van der Waals surface area contributed by atoms with Crippen molar-refractivity contribution in [3.8, 4) is 0 Å². The fourth-order valence-corrected chi connectivity index (χ4v) is 4.41. The van der Waals surface area contributed by atoms with Gasteiger partial charge in [0.1, 0.15) is 0 Å². The molecule has 4 heteroatoms. The fraction of sp³-hybridized carbons (Fsp3) is 0.733. The van der Waals surface area contributed by atoms with Gasteiger partial charge in [0, 0.05) is 12.1 Å². The number of halogens is 1. The smallest absolute Gasteiger partial charge is 0.0931 e. The highest BCUT2D eigenvalue weighted by Crippen LogP contribution is 2.35. The van der Waals surface area contributed by atoms with E-state index < -0.39 is 0 Å². The average Bonchev–Trinajstić information content (AvgIpc) is 2.86. The largest absolute Gasteiger partial charge is 0.330 e. The summed E-state index contributed by atoms with van der Waals surface area (Å²) in [6, 6.07) is 3.18. The second-order valence-corrected chi connectivity index (χ2v) is 7.08. The van der Waals surface area contributed by atoms with Crippen molar-refractivity contribution in [2.24, 2.45) is 11.7 Å². The molecule has 0 bridgehead atoms. The topological polar surface area (TPSA) is 29.3 Å². The van der Waals surface area contributed by atoms with Crippen LogP contribution in [0.4, 0.5) is 0 Å². The lowest BCUT2D eigenvalue weighted by Gasteiger charge is -2.42. The Hall–Kier alpha value is -0.0900. The first kappa shape index (κ1) is 15.3. The monoisotopic (exact) mass is 300 g/mol. The van der Waals surface area contributed by atoms with E-state index in [4.69, 9.17) is 17.3 Å². The van der Waals surface area contributed by atoms with Crippen LogP contribution in [0.5, 0.6) is 0 Å². The van der Waals surface area contributed by atoms with Gasteiger partial charge in [-0.05, 0) is 55.8 Å². The zero-order chi connectivity index (χ0) is 13.8. The molecule has 1 aliphatic carbocycles. The van der Waals surface area contributed by atoms with Gasteiger partial charge in [0.25, 0.3) is 0 Å². The van der Waals surface area contributed by atoms with Crippen LogP contribution in [0.25, 0.3) is 0 Å². The standard InChI is InChI=1S/C15H25ClN2S/c1-3-18(11(2)13-8-15(16)19-10-13)14-7-5-4-6-12(14)9-17/h8,10-12,14H,3-7,9,17H2,1-2H3. The molecule has 3 unspecified atom stereocenters. The Balaban J connectivity index is 2.13. The lowest BCUT2D eigenvalue weighted by atomic mass is 9.82. The van der Waals surface area contributed by atoms with Crippen LogP contribution >= 0.6 is 22.9 Å². The Kier molecular flexibility index (Phi) is 5.70. The third-order valence-electron chi connectivity index (χ3n) is 4.53. The van der Waals surface area contributed by atoms with E-state index >= 15 is 0 Å². The van der Waals surface area contributed by atoms with E-state index in [1.807, 2.05) is 0 Å². The molecule has 1 saturated carbocycles. The first-order valence-electron chi connectivity index (χ1n) is 7.37. The quantitative estimate of drug-likeness (QED) is 0.878. The van der Waals surface area contributed by atoms with E-state index in [0.29, 0.717) is 18.0 Å². The van der Waals surface area contributed by atoms with Crippen molar-refractivity contribution in [3.63, 3.8) is 0 Å². The summed E-state index contributed by atoms with van der Waals surface area (Å²) in [5.41, 5.74) is 7.33. The molecule has 0 spiro atoms. The van der Waals surface area contributed by atoms with Gasteiger partial charge in [-0.2, -0.15) is 0 Å². The van der Waals surface area contributed by atoms with Crippen LogP contribution in [0.1, 0.15) is 51.1 Å². The molecule has 0 aliphatic heterocycles. The van der Waals surface area contributed by atoms with Crippen molar-refractivity contribution >= 4 is 22.9 Å². The molecule has 3 atom stereocenters. The molecule has 108 valence electrons. The fourth-order valence-electron chi connectivity index (χ4n) is 3.43. The number of nitrogens with two attached hydrogens (primary N) is 1. The van der Waals surface area contributed by atoms with Crippen LogP contribution in [0.3, 0.4) is 0 Å². The van der Waals surface area contributed by atoms with Crippen molar-refractivity contribution in [1.82, 2.24) is 4.90 Å². The van der Waals surface area contributed by atoms with Crippen molar-refractivity contribution in [2.45, 2.75) is 51.6 Å². The molecular formula is C15H25ClN2S. The van der Waals surface area contributed by atoms with Gasteiger partial charge < -0.3 is 5.73 Å². The minimum Gasteiger partial charge on any atom is -0.330 e. The predicted molar refractivity (Wildman–Crippen MR) is 84.9 cm³/mol. The first-order chi connectivity index (χ1) is 9.17. The van der Waals surface area contributed by atoms with Crippen LogP contribution in [0.2, 0.25) is 4.34 Å². The van der Waals surface area contributed by atoms with E-state index in [1.165, 1.54) is 31.2 Å². The molecule has 0 saturated heterocycles. The molecule has 1 fully saturated rings. The van der Waals surface area contributed by atoms with Crippen molar-refractivity contribution in [1.29, 1.82) is 0 Å². The molecule has 2 nitrogen and oxygen atoms in total. The number of thiophene rings is 1. The van der Waals surface area contributed by atoms with Gasteiger partial charge in [-0.3, -0.25) is 4.90 Å². The molecule has 0 amide bonds. The average molecular weight is 301 g/mol. The number of hydrogen-bond acceptors (Lipinski definition) is 3. The first-order valence-corrected chi connectivity index (χ1v) is 8.62. The SMILES string of the molecule is CCN(C(C)c1csc(Cl)c1)C1CCCCC1CN. The normalized spacial score (nSPS) is 25.7. The maximum absolute atomic E-state index is 6.07. The van der Waals surface area contributed by atoms with E-state index in [9.17, 15) is 0 Å². The number of hydrogen-bond donors (Lipinski definition) is 1. The van der Waals surface area contributed by atoms with Gasteiger partial charge in [-0.1, -0.05) is 31.4 Å². The van der Waals surface area contributed by atoms with Gasteiger partial charge >= 0.3 is 0 Å². The highest BCUT2D eigenvalue weighted by molar-refractivity contribution is 7.14. The number of nitrogens with zero attached hydrogens (tertiary/aromatic N) is 1. The molecule has 1 heterocycles. The third-order valence-corrected chi connectivity index (χ3v) is 5.64. The van der Waals surface area contributed by atoms with Gasteiger partial charge in [0.15, 0.2) is 0 Å². The summed E-state index contributed by atoms with van der Waals surface area (Å²) in [6.07, 6.45) is 5.26. The molecule has 19 heavy (non-hydrogen) atoms. The van der Waals surface area contributed by atoms with Crippen LogP contribution < -0.4 is 5.73 Å². The second kappa shape index (κ2) is 7.07. The molecule has 2 N–H and O–H groups in total. The summed E-state index contributed by atoms with van der Waals surface area (Å²) in [5.74, 6) is 0.658. The lowest BCUT2D eigenvalue weighted by molar-refractivity contribution is 0.0771. The minimum absolute atomic E-state index is 0.436. The molecule has 0 radical (unpaired) electrons. The van der Waals surface area contributed by atoms with Crippen LogP contribution in [0.15, 0.2) is 11.4 Å². The summed E-state index contributed by atoms with van der Waals surface area (Å²) < 4.78 is 0.886. The van der Waals surface area contributed by atoms with Crippen LogP contribution in [-0.4, -0.2) is 24.0 Å². The maximum Gasteiger partial charge on any atom is 0.0931 e. The van der Waals surface area contributed by atoms with Crippen LogP contribution in [0, 0.1) is 5.92 Å². The second-order valence-electron chi connectivity index (χ2n) is 5.54. The highest BCUT2D eigenvalue weighted by Gasteiger charge is 2.31. The predicted octanol–water partition coefficient (Wildman–Crippen LogP) is 4.30. The third kappa shape index (κ3) is 3.52. The van der Waals surface area contributed by atoms with E-state index in [2.05, 4.69) is 30.2 Å². The molecule has 1 aromatic rings. The number of rotatable bonds is 5. The van der Waals surface area contributed by atoms with E-state index in [0.717, 1.165) is 17.4 Å². The molecule has 0 aromatic carbocycles. The Morgan fingerprint density at radius 1 is 1.47 bits per heavy atom. The maximum atomic E-state index is 6.07. The minimum atomic E-state index is 0.436. The summed E-state index contributed by atoms with van der Waals surface area (Å²) in [5, 5.41) is 2.19. The summed E-state index contributed by atoms with van der Waals surface area (Å²) in [7, 11) is 0. The Bertz CT molecular complexity index is 393. The van der Waals surface area contributed by atoms with Gasteiger partial charge in [0.2, 0.25) is 0 Å². The molecular weight excluding hydrogens is 276 g/mol. The van der Waals surface area contributed by atoms with Crippen molar-refractivity contribution in [2.75, 3.05) is 13.1 Å². The Labute approximate surface area is 125 Å². The van der Waals surface area contributed by atoms with Gasteiger partial charge in [0.05, 0.1) is 4.34 Å². The Morgan fingerprint density at radius 2 is 2.21 bits per heavy atom.